The van der Waals surface area contributed by atoms with Crippen LogP contribution >= 0.6 is 0 Å². The van der Waals surface area contributed by atoms with Crippen molar-refractivity contribution in [1.82, 2.24) is 24.8 Å². The topological polar surface area (TPSA) is 66.8 Å². The van der Waals surface area contributed by atoms with Gasteiger partial charge in [-0.05, 0) is 49.2 Å². The third kappa shape index (κ3) is 4.43. The average molecular weight is 364 g/mol. The van der Waals surface area contributed by atoms with Gasteiger partial charge in [-0.15, -0.1) is 0 Å². The van der Waals surface area contributed by atoms with Gasteiger partial charge >= 0.3 is 0 Å². The molecule has 1 N–H and O–H groups in total. The number of nitrogens with zero attached hydrogens (tertiary/aromatic N) is 5. The van der Waals surface area contributed by atoms with Crippen LogP contribution < -0.4 is 5.32 Å². The van der Waals surface area contributed by atoms with Crippen LogP contribution in [-0.4, -0.2) is 31.4 Å². The average Bonchev–Trinajstić information content (AvgIpc) is 2.71. The lowest BCUT2D eigenvalue weighted by molar-refractivity contribution is 0.137. The van der Waals surface area contributed by atoms with Crippen LogP contribution in [0, 0.1) is 5.82 Å². The zero-order valence-corrected chi connectivity index (χ0v) is 14.9. The Bertz CT molecular complexity index is 871. The molecule has 0 aliphatic carbocycles. The highest BCUT2D eigenvalue weighted by molar-refractivity contribution is 5.41. The predicted octanol–water partition coefficient (Wildman–Crippen LogP) is 3.88. The molecule has 1 fully saturated rings. The number of nitrogens with one attached hydrogen (secondary N) is 1. The van der Waals surface area contributed by atoms with Crippen LogP contribution in [-0.2, 0) is 6.54 Å². The first kappa shape index (κ1) is 17.5. The summed E-state index contributed by atoms with van der Waals surface area (Å²) >= 11 is 0. The van der Waals surface area contributed by atoms with Crippen molar-refractivity contribution in [3.05, 3.63) is 72.1 Å². The lowest BCUT2D eigenvalue weighted by Crippen LogP contribution is -2.33. The minimum Gasteiger partial charge on any atom is -0.293 e. The van der Waals surface area contributed by atoms with E-state index >= 15 is 0 Å². The molecule has 6 nitrogen and oxygen atoms in total. The number of likely N-dealkylation sites (tertiary alicyclic amines) is 1. The van der Waals surface area contributed by atoms with Gasteiger partial charge in [-0.3, -0.25) is 10.2 Å². The second-order valence-corrected chi connectivity index (χ2v) is 6.61. The summed E-state index contributed by atoms with van der Waals surface area (Å²) in [6, 6.07) is 10.7. The van der Waals surface area contributed by atoms with Crippen molar-refractivity contribution in [2.45, 2.75) is 31.8 Å². The predicted molar refractivity (Wildman–Crippen MR) is 101 cm³/mol. The summed E-state index contributed by atoms with van der Waals surface area (Å²) in [4.78, 5) is 19.7. The Balaban J connectivity index is 1.52. The summed E-state index contributed by atoms with van der Waals surface area (Å²) in [5, 5.41) is 3.05. The Morgan fingerprint density at radius 1 is 0.963 bits per heavy atom. The molecular formula is C20H21FN6. The normalized spacial score (nSPS) is 17.6. The molecule has 1 aliphatic rings. The molecule has 27 heavy (non-hydrogen) atoms. The van der Waals surface area contributed by atoms with E-state index in [4.69, 9.17) is 4.98 Å². The Kier molecular flexibility index (Phi) is 5.29. The molecule has 138 valence electrons. The maximum absolute atomic E-state index is 13.2. The molecule has 7 heteroatoms. The summed E-state index contributed by atoms with van der Waals surface area (Å²) < 4.78 is 13.2. The van der Waals surface area contributed by atoms with E-state index in [1.54, 1.807) is 24.7 Å². The first-order chi connectivity index (χ1) is 13.3. The Labute approximate surface area is 157 Å². The van der Waals surface area contributed by atoms with E-state index in [1.165, 1.54) is 18.6 Å². The third-order valence-electron chi connectivity index (χ3n) is 4.72. The van der Waals surface area contributed by atoms with E-state index in [0.29, 0.717) is 11.9 Å². The first-order valence-corrected chi connectivity index (χ1v) is 9.13. The van der Waals surface area contributed by atoms with E-state index in [1.807, 2.05) is 18.2 Å². The highest BCUT2D eigenvalue weighted by atomic mass is 19.1. The first-order valence-electron chi connectivity index (χ1n) is 9.13. The molecule has 1 saturated heterocycles. The van der Waals surface area contributed by atoms with Crippen LogP contribution in [0.4, 0.5) is 16.3 Å². The lowest BCUT2D eigenvalue weighted by Gasteiger charge is -2.35. The van der Waals surface area contributed by atoms with Gasteiger partial charge in [-0.2, -0.15) is 0 Å². The SMILES string of the molecule is Fc1ccc(CN2CCCCC2c2ccnc(Nc3ncccn3)n2)cc1. The standard InChI is InChI=1S/C20H21FN6/c21-16-7-5-15(6-8-16)14-27-13-2-1-4-18(27)17-9-12-24-20(25-17)26-19-22-10-3-11-23-19/h3,5-12,18H,1-2,4,13-14H2,(H,22,23,24,25,26). The van der Waals surface area contributed by atoms with Gasteiger partial charge in [-0.25, -0.2) is 24.3 Å². The smallest absolute Gasteiger partial charge is 0.229 e. The molecule has 0 saturated carbocycles. The van der Waals surface area contributed by atoms with E-state index < -0.39 is 0 Å². The van der Waals surface area contributed by atoms with Crippen molar-refractivity contribution in [3.63, 3.8) is 0 Å². The lowest BCUT2D eigenvalue weighted by atomic mass is 9.98. The van der Waals surface area contributed by atoms with Gasteiger partial charge in [0.25, 0.3) is 0 Å². The van der Waals surface area contributed by atoms with Crippen molar-refractivity contribution in [2.75, 3.05) is 11.9 Å². The second-order valence-electron chi connectivity index (χ2n) is 6.61. The largest absolute Gasteiger partial charge is 0.293 e. The molecule has 1 aromatic carbocycles. The monoisotopic (exact) mass is 364 g/mol. The summed E-state index contributed by atoms with van der Waals surface area (Å²) in [7, 11) is 0. The van der Waals surface area contributed by atoms with Crippen LogP contribution in [0.15, 0.2) is 55.0 Å². The summed E-state index contributed by atoms with van der Waals surface area (Å²) in [6.07, 6.45) is 8.47. The van der Waals surface area contributed by atoms with Crippen molar-refractivity contribution >= 4 is 11.9 Å². The van der Waals surface area contributed by atoms with E-state index in [-0.39, 0.29) is 11.9 Å². The number of aromatic nitrogens is 4. The number of anilines is 2. The molecular weight excluding hydrogens is 343 g/mol. The summed E-state index contributed by atoms with van der Waals surface area (Å²) in [6.45, 7) is 1.77. The van der Waals surface area contributed by atoms with Gasteiger partial charge in [0.05, 0.1) is 11.7 Å². The van der Waals surface area contributed by atoms with Crippen molar-refractivity contribution in [2.24, 2.45) is 0 Å². The molecule has 0 spiro atoms. The van der Waals surface area contributed by atoms with Crippen molar-refractivity contribution < 1.29 is 4.39 Å². The fourth-order valence-corrected chi connectivity index (χ4v) is 3.42. The zero-order valence-electron chi connectivity index (χ0n) is 14.9. The van der Waals surface area contributed by atoms with Gasteiger partial charge in [-0.1, -0.05) is 18.6 Å². The van der Waals surface area contributed by atoms with Gasteiger partial charge in [0.1, 0.15) is 5.82 Å². The molecule has 0 bridgehead atoms. The van der Waals surface area contributed by atoms with Crippen molar-refractivity contribution in [3.8, 4) is 0 Å². The molecule has 0 radical (unpaired) electrons. The molecule has 2 aromatic heterocycles. The molecule has 1 atom stereocenters. The van der Waals surface area contributed by atoms with Crippen LogP contribution in [0.5, 0.6) is 0 Å². The number of piperidine rings is 1. The highest BCUT2D eigenvalue weighted by Gasteiger charge is 2.25. The molecule has 1 unspecified atom stereocenters. The third-order valence-corrected chi connectivity index (χ3v) is 4.72. The molecule has 3 heterocycles. The number of hydrogen-bond acceptors (Lipinski definition) is 6. The van der Waals surface area contributed by atoms with Gasteiger partial charge in [0.15, 0.2) is 0 Å². The molecule has 1 aliphatic heterocycles. The number of hydrogen-bond donors (Lipinski definition) is 1. The quantitative estimate of drug-likeness (QED) is 0.741. The number of rotatable bonds is 5. The van der Waals surface area contributed by atoms with Crippen LogP contribution in [0.3, 0.4) is 0 Å². The Morgan fingerprint density at radius 3 is 2.56 bits per heavy atom. The highest BCUT2D eigenvalue weighted by Crippen LogP contribution is 2.31. The molecule has 0 amide bonds. The van der Waals surface area contributed by atoms with Crippen molar-refractivity contribution in [1.29, 1.82) is 0 Å². The summed E-state index contributed by atoms with van der Waals surface area (Å²) in [5.74, 6) is 0.760. The van der Waals surface area contributed by atoms with Crippen LogP contribution in [0.25, 0.3) is 0 Å². The van der Waals surface area contributed by atoms with Crippen LogP contribution in [0.1, 0.15) is 36.6 Å². The molecule has 3 aromatic rings. The number of benzene rings is 1. The maximum Gasteiger partial charge on any atom is 0.229 e. The van der Waals surface area contributed by atoms with Crippen LogP contribution in [0.2, 0.25) is 0 Å². The Morgan fingerprint density at radius 2 is 1.74 bits per heavy atom. The Hall–Kier alpha value is -2.93. The van der Waals surface area contributed by atoms with Gasteiger partial charge in [0.2, 0.25) is 11.9 Å². The van der Waals surface area contributed by atoms with E-state index in [9.17, 15) is 4.39 Å². The second kappa shape index (κ2) is 8.18. The van der Waals surface area contributed by atoms with E-state index in [0.717, 1.165) is 37.2 Å². The fourth-order valence-electron chi connectivity index (χ4n) is 3.42. The summed E-state index contributed by atoms with van der Waals surface area (Å²) in [5.41, 5.74) is 2.08. The molecule has 4 rings (SSSR count). The van der Waals surface area contributed by atoms with Gasteiger partial charge < -0.3 is 0 Å². The van der Waals surface area contributed by atoms with Gasteiger partial charge in [0, 0.05) is 25.1 Å². The maximum atomic E-state index is 13.2. The van der Waals surface area contributed by atoms with E-state index in [2.05, 4.69) is 25.2 Å². The minimum absolute atomic E-state index is 0.205. The zero-order chi connectivity index (χ0) is 18.5. The fraction of sp³-hybridized carbons (Fsp3) is 0.300. The minimum atomic E-state index is -0.205. The number of halogens is 1.